The molecule has 23 nitrogen and oxygen atoms in total. The number of methoxy groups -OCH3 is 3. The van der Waals surface area contributed by atoms with Gasteiger partial charge in [-0.25, -0.2) is 27.8 Å². The highest BCUT2D eigenvalue weighted by molar-refractivity contribution is 9.09. The Balaban J connectivity index is 0.000000229. The zero-order valence-corrected chi connectivity index (χ0v) is 39.3. The van der Waals surface area contributed by atoms with Crippen molar-refractivity contribution in [1.82, 2.24) is 56.1 Å². The van der Waals surface area contributed by atoms with Gasteiger partial charge < -0.3 is 32.9 Å². The van der Waals surface area contributed by atoms with Gasteiger partial charge in [-0.15, -0.1) is 0 Å². The quantitative estimate of drug-likeness (QED) is 0.0730. The summed E-state index contributed by atoms with van der Waals surface area (Å²) in [6.07, 6.45) is 0. The molecular formula is C33H49BrN12O11S3. The van der Waals surface area contributed by atoms with Crippen LogP contribution in [0.2, 0.25) is 0 Å². The molecule has 0 aromatic carbocycles. The van der Waals surface area contributed by atoms with Gasteiger partial charge in [0.05, 0.1) is 25.6 Å². The third kappa shape index (κ3) is 9.92. The van der Waals surface area contributed by atoms with E-state index in [0.717, 1.165) is 36.0 Å². The number of nitrogens with one attached hydrogen (secondary N) is 1. The zero-order valence-electron chi connectivity index (χ0n) is 35.3. The molecule has 6 heterocycles. The van der Waals surface area contributed by atoms with E-state index in [9.17, 15) is 37.2 Å². The number of alkyl halides is 1. The minimum absolute atomic E-state index is 0.0163. The molecule has 0 amide bonds. The number of nitrogens with zero attached hydrogens (tertiary/aromatic N) is 11. The maximum absolute atomic E-state index is 12.2. The van der Waals surface area contributed by atoms with Gasteiger partial charge in [-0.1, -0.05) is 27.7 Å². The summed E-state index contributed by atoms with van der Waals surface area (Å²) >= 11 is 9.68. The number of sulfone groups is 1. The van der Waals surface area contributed by atoms with Gasteiger partial charge in [0, 0.05) is 95.8 Å². The summed E-state index contributed by atoms with van der Waals surface area (Å²) in [7, 11) is 14.8. The van der Waals surface area contributed by atoms with Crippen LogP contribution < -0.4 is 33.7 Å². The highest BCUT2D eigenvalue weighted by atomic mass is 79.9. The second-order valence-corrected chi connectivity index (χ2v) is 17.1. The molecule has 6 aromatic heterocycles. The fraction of sp³-hybridized carbons (Fsp3) is 0.545. The summed E-state index contributed by atoms with van der Waals surface area (Å²) in [4.78, 5) is 82.5. The maximum atomic E-state index is 12.2. The van der Waals surface area contributed by atoms with E-state index in [1.807, 2.05) is 0 Å². The second kappa shape index (κ2) is 20.7. The Morgan fingerprint density at radius 3 is 1.52 bits per heavy atom. The number of aryl methyl sites for hydroxylation is 6. The lowest BCUT2D eigenvalue weighted by Crippen LogP contribution is -2.37. The van der Waals surface area contributed by atoms with Gasteiger partial charge in [-0.3, -0.25) is 41.8 Å². The lowest BCUT2D eigenvalue weighted by Gasteiger charge is -2.04. The van der Waals surface area contributed by atoms with E-state index < -0.39 is 21.1 Å². The standard InChI is InChI=1S/C11H16N4O5S.C11H16N4O3S.C8H10N4O2S.C3H7BrO/c1-13-7-8(14(2)11(17)15(3)9(7)16)12-10(13)21(18,19)6-5-20-4;1-13-7-8(12-10(13)19-6-5-18-4)14(2)11(17)15(3)9(7)16;1-10-4-5(9-7(10)15)11(2)8(14)12(3)6(4)13;1-5-3-2-4/h5-6H2,1-4H3;5-6H2,1-4H3;1-3H3,(H,9,15);2-3H2,1H3. The molecule has 6 rings (SSSR count). The van der Waals surface area contributed by atoms with Crippen LogP contribution in [-0.2, 0) is 87.5 Å². The van der Waals surface area contributed by atoms with Gasteiger partial charge in [0.2, 0.25) is 15.0 Å². The molecule has 0 bridgehead atoms. The van der Waals surface area contributed by atoms with Crippen molar-refractivity contribution in [3.8, 4) is 0 Å². The number of aromatic nitrogens is 12. The molecule has 332 valence electrons. The Morgan fingerprint density at radius 2 is 1.05 bits per heavy atom. The largest absolute Gasteiger partial charge is 0.384 e. The van der Waals surface area contributed by atoms with Gasteiger partial charge in [0.1, 0.15) is 5.65 Å². The van der Waals surface area contributed by atoms with E-state index in [1.165, 1.54) is 67.8 Å². The number of halogens is 1. The first-order chi connectivity index (χ1) is 28.1. The molecule has 0 aliphatic rings. The van der Waals surface area contributed by atoms with E-state index in [-0.39, 0.29) is 51.2 Å². The van der Waals surface area contributed by atoms with E-state index in [0.29, 0.717) is 38.9 Å². The zero-order chi connectivity index (χ0) is 45.5. The van der Waals surface area contributed by atoms with Crippen molar-refractivity contribution in [2.45, 2.75) is 10.3 Å². The summed E-state index contributed by atoms with van der Waals surface area (Å²) in [6.45, 7) is 1.42. The maximum Gasteiger partial charge on any atom is 0.332 e. The topological polar surface area (TPSA) is 250 Å². The fourth-order valence-electron chi connectivity index (χ4n) is 5.54. The van der Waals surface area contributed by atoms with Crippen LogP contribution in [0.4, 0.5) is 0 Å². The van der Waals surface area contributed by atoms with Crippen molar-refractivity contribution in [2.75, 3.05) is 58.0 Å². The Bertz CT molecular complexity index is 3070. The summed E-state index contributed by atoms with van der Waals surface area (Å²) in [5.74, 6) is 0.483. The molecule has 6 aromatic rings. The number of fused-ring (bicyclic) bond motifs is 3. The minimum Gasteiger partial charge on any atom is -0.384 e. The van der Waals surface area contributed by atoms with Crippen LogP contribution in [0.5, 0.6) is 0 Å². The lowest BCUT2D eigenvalue weighted by atomic mass is 10.5. The molecule has 0 spiro atoms. The smallest absolute Gasteiger partial charge is 0.332 e. The summed E-state index contributed by atoms with van der Waals surface area (Å²) < 4.78 is 50.7. The van der Waals surface area contributed by atoms with Crippen LogP contribution in [0, 0.1) is 4.77 Å². The molecule has 1 N–H and O–H groups in total. The van der Waals surface area contributed by atoms with Gasteiger partial charge in [0.15, 0.2) is 37.8 Å². The van der Waals surface area contributed by atoms with Crippen LogP contribution in [0.1, 0.15) is 0 Å². The van der Waals surface area contributed by atoms with E-state index in [2.05, 4.69) is 35.6 Å². The number of thioether (sulfide) groups is 1. The Morgan fingerprint density at radius 1 is 0.600 bits per heavy atom. The summed E-state index contributed by atoms with van der Waals surface area (Å²) in [5, 5.41) is 1.38. The minimum atomic E-state index is -3.71. The highest BCUT2D eigenvalue weighted by Crippen LogP contribution is 2.20. The summed E-state index contributed by atoms with van der Waals surface area (Å²) in [5.41, 5.74) is -0.747. The molecule has 0 aliphatic heterocycles. The van der Waals surface area contributed by atoms with Gasteiger partial charge >= 0.3 is 17.1 Å². The SMILES string of the molecule is COCCBr.COCCS(=O)(=O)c1nc2c(c(=O)n(C)c(=O)n2C)n1C.COCCSc1nc2c(c(=O)n(C)c(=O)n2C)n1C.Cn1c(=O)c2c([nH]c(=S)n2C)n(C)c1=O. The molecule has 0 saturated heterocycles. The second-order valence-electron chi connectivity index (χ2n) is 12.9. The van der Waals surface area contributed by atoms with Crippen LogP contribution in [0.25, 0.3) is 33.5 Å². The Labute approximate surface area is 359 Å². The number of ether oxygens (including phenoxy) is 3. The van der Waals surface area contributed by atoms with Crippen LogP contribution in [0.15, 0.2) is 39.1 Å². The molecule has 0 aliphatic carbocycles. The van der Waals surface area contributed by atoms with Crippen molar-refractivity contribution in [1.29, 1.82) is 0 Å². The van der Waals surface area contributed by atoms with Crippen molar-refractivity contribution < 1.29 is 22.6 Å². The van der Waals surface area contributed by atoms with Gasteiger partial charge in [-0.05, 0) is 12.2 Å². The molecule has 0 saturated carbocycles. The molecule has 27 heteroatoms. The van der Waals surface area contributed by atoms with Crippen LogP contribution in [0.3, 0.4) is 0 Å². The average Bonchev–Trinajstić information content (AvgIpc) is 3.86. The van der Waals surface area contributed by atoms with E-state index >= 15 is 0 Å². The first-order valence-corrected chi connectivity index (χ1v) is 21.7. The molecule has 0 fully saturated rings. The number of rotatable bonds is 10. The van der Waals surface area contributed by atoms with Crippen molar-refractivity contribution in [3.63, 3.8) is 0 Å². The molecule has 60 heavy (non-hydrogen) atoms. The van der Waals surface area contributed by atoms with Gasteiger partial charge in [0.25, 0.3) is 16.7 Å². The number of aromatic amines is 1. The van der Waals surface area contributed by atoms with Crippen molar-refractivity contribution in [3.05, 3.63) is 67.3 Å². The third-order valence-electron chi connectivity index (χ3n) is 9.01. The average molecular weight is 966 g/mol. The first kappa shape index (κ1) is 49.7. The fourth-order valence-corrected chi connectivity index (χ4v) is 8.22. The van der Waals surface area contributed by atoms with E-state index in [1.54, 1.807) is 51.5 Å². The van der Waals surface area contributed by atoms with Crippen LogP contribution in [-0.4, -0.2) is 122 Å². The van der Waals surface area contributed by atoms with Crippen molar-refractivity contribution >= 4 is 83.2 Å². The first-order valence-electron chi connectivity index (χ1n) is 17.6. The van der Waals surface area contributed by atoms with Crippen molar-refractivity contribution in [2.24, 2.45) is 63.4 Å². The molecule has 0 atom stereocenters. The normalized spacial score (nSPS) is 11.3. The number of H-pyrrole nitrogens is 1. The number of imidazole rings is 3. The molecular weight excluding hydrogens is 917 g/mol. The predicted octanol–water partition coefficient (Wildman–Crippen LogP) is -1.24. The van der Waals surface area contributed by atoms with Crippen LogP contribution >= 0.6 is 39.9 Å². The number of hydrogen-bond acceptors (Lipinski definition) is 15. The number of hydrogen-bond donors (Lipinski definition) is 1. The van der Waals surface area contributed by atoms with E-state index in [4.69, 9.17) is 21.7 Å². The third-order valence-corrected chi connectivity index (χ3v) is 12.3. The Hall–Kier alpha value is -4.67. The monoisotopic (exact) mass is 964 g/mol. The van der Waals surface area contributed by atoms with Gasteiger partial charge in [-0.2, -0.15) is 4.98 Å². The molecule has 0 unspecified atom stereocenters. The molecule has 0 radical (unpaired) electrons. The highest BCUT2D eigenvalue weighted by Gasteiger charge is 2.25. The summed E-state index contributed by atoms with van der Waals surface area (Å²) in [6, 6.07) is 0. The lowest BCUT2D eigenvalue weighted by molar-refractivity contribution is 0.217. The Kier molecular flexibility index (Phi) is 17.2. The predicted molar refractivity (Wildman–Crippen MR) is 233 cm³/mol.